The first kappa shape index (κ1) is 22.5. The molecule has 7 nitrogen and oxygen atoms in total. The molecule has 4 aromatic rings. The molecule has 2 aliphatic heterocycles. The molecule has 0 aliphatic carbocycles. The molecule has 3 heterocycles. The summed E-state index contributed by atoms with van der Waals surface area (Å²) in [6, 6.07) is 14.3. The lowest BCUT2D eigenvalue weighted by Gasteiger charge is -2.23. The van der Waals surface area contributed by atoms with Crippen LogP contribution in [0.25, 0.3) is 16.0 Å². The number of ether oxygens (including phenoxy) is 2. The zero-order chi connectivity index (χ0) is 25.0. The van der Waals surface area contributed by atoms with Crippen LogP contribution in [0.3, 0.4) is 0 Å². The molecule has 3 aromatic carbocycles. The number of amides is 1. The number of hydrogen-bond donors (Lipinski definition) is 1. The zero-order valence-corrected chi connectivity index (χ0v) is 20.0. The number of halogens is 2. The average molecular weight is 523 g/mol. The number of thiazole rings is 1. The number of hydrogen-bond acceptors (Lipinski definition) is 7. The van der Waals surface area contributed by atoms with E-state index in [0.29, 0.717) is 40.0 Å². The minimum Gasteiger partial charge on any atom is -0.507 e. The molecule has 1 N–H and O–H groups in total. The maximum atomic E-state index is 15.1. The molecule has 0 radical (unpaired) electrons. The van der Waals surface area contributed by atoms with E-state index >= 15 is 4.39 Å². The maximum absolute atomic E-state index is 15.1. The van der Waals surface area contributed by atoms with E-state index in [4.69, 9.17) is 21.1 Å². The number of rotatable bonds is 3. The van der Waals surface area contributed by atoms with Crippen molar-refractivity contribution in [2.75, 3.05) is 18.1 Å². The lowest BCUT2D eigenvalue weighted by molar-refractivity contribution is -0.132. The molecule has 0 unspecified atom stereocenters. The second kappa shape index (κ2) is 8.61. The molecule has 0 saturated carbocycles. The van der Waals surface area contributed by atoms with Crippen LogP contribution in [0, 0.1) is 5.82 Å². The number of Topliss-reactive ketones (excluding diaryl/α,β-unsaturated/α-hetero) is 1. The Morgan fingerprint density at radius 3 is 2.64 bits per heavy atom. The molecule has 1 saturated heterocycles. The van der Waals surface area contributed by atoms with Gasteiger partial charge >= 0.3 is 5.91 Å². The Kier molecular flexibility index (Phi) is 5.39. The van der Waals surface area contributed by atoms with Gasteiger partial charge in [0.1, 0.15) is 30.8 Å². The van der Waals surface area contributed by atoms with E-state index in [1.165, 1.54) is 24.3 Å². The fourth-order valence-electron chi connectivity index (χ4n) is 4.36. The topological polar surface area (TPSA) is 89.0 Å². The van der Waals surface area contributed by atoms with Crippen LogP contribution in [0.4, 0.5) is 9.52 Å². The number of aliphatic hydroxyl groups excluding tert-OH is 1. The summed E-state index contributed by atoms with van der Waals surface area (Å²) in [5, 5.41) is 12.0. The number of carbonyl (C=O) groups excluding carboxylic acids is 2. The molecule has 180 valence electrons. The second-order valence-corrected chi connectivity index (χ2v) is 9.60. The summed E-state index contributed by atoms with van der Waals surface area (Å²) in [5.74, 6) is -2.07. The monoisotopic (exact) mass is 522 g/mol. The van der Waals surface area contributed by atoms with Crippen molar-refractivity contribution in [3.63, 3.8) is 0 Å². The van der Waals surface area contributed by atoms with Gasteiger partial charge in [-0.15, -0.1) is 0 Å². The smallest absolute Gasteiger partial charge is 0.301 e. The molecule has 2 aliphatic rings. The molecule has 36 heavy (non-hydrogen) atoms. The summed E-state index contributed by atoms with van der Waals surface area (Å²) in [7, 11) is 0. The van der Waals surface area contributed by atoms with Crippen LogP contribution in [0.1, 0.15) is 17.2 Å². The van der Waals surface area contributed by atoms with E-state index in [1.807, 2.05) is 0 Å². The quantitative estimate of drug-likeness (QED) is 0.217. The summed E-state index contributed by atoms with van der Waals surface area (Å²) < 4.78 is 26.9. The van der Waals surface area contributed by atoms with Gasteiger partial charge in [0.25, 0.3) is 5.78 Å². The fraction of sp³-hybridized carbons (Fsp3) is 0.115. The largest absolute Gasteiger partial charge is 0.507 e. The molecular weight excluding hydrogens is 507 g/mol. The lowest BCUT2D eigenvalue weighted by Crippen LogP contribution is -2.29. The highest BCUT2D eigenvalue weighted by Crippen LogP contribution is 2.45. The van der Waals surface area contributed by atoms with Crippen molar-refractivity contribution in [1.82, 2.24) is 4.98 Å². The number of carbonyl (C=O) groups is 2. The third-order valence-electron chi connectivity index (χ3n) is 6.01. The highest BCUT2D eigenvalue weighted by molar-refractivity contribution is 7.22. The third kappa shape index (κ3) is 3.59. The first-order chi connectivity index (χ1) is 17.4. The number of aliphatic hydroxyl groups is 1. The number of ketones is 1. The van der Waals surface area contributed by atoms with Gasteiger partial charge in [-0.2, -0.15) is 0 Å². The van der Waals surface area contributed by atoms with Gasteiger partial charge in [-0.25, -0.2) is 9.37 Å². The van der Waals surface area contributed by atoms with Crippen LogP contribution >= 0.6 is 22.9 Å². The van der Waals surface area contributed by atoms with E-state index in [2.05, 4.69) is 4.98 Å². The fourth-order valence-corrected chi connectivity index (χ4v) is 5.62. The maximum Gasteiger partial charge on any atom is 0.301 e. The zero-order valence-electron chi connectivity index (χ0n) is 18.4. The Morgan fingerprint density at radius 1 is 1.06 bits per heavy atom. The van der Waals surface area contributed by atoms with E-state index in [-0.39, 0.29) is 21.8 Å². The Balaban J connectivity index is 1.55. The standard InChI is InChI=1S/C26H16ClFN2O5S/c27-14-6-7-17-20(12-14)36-26(29-17)30-22(15-3-1-2-4-16(15)28)21(24(32)25(30)33)23(31)13-5-8-18-19(11-13)35-10-9-34-18/h1-8,11-12,22,31H,9-10H2/t22-/m0/s1. The predicted molar refractivity (Wildman–Crippen MR) is 133 cm³/mol. The lowest BCUT2D eigenvalue weighted by atomic mass is 9.95. The summed E-state index contributed by atoms with van der Waals surface area (Å²) in [4.78, 5) is 32.3. The molecule has 10 heteroatoms. The van der Waals surface area contributed by atoms with Gasteiger partial charge in [-0.05, 0) is 42.5 Å². The van der Waals surface area contributed by atoms with Gasteiger partial charge in [0.2, 0.25) is 0 Å². The number of anilines is 1. The van der Waals surface area contributed by atoms with Crippen LogP contribution in [-0.4, -0.2) is 35.0 Å². The van der Waals surface area contributed by atoms with Gasteiger partial charge < -0.3 is 14.6 Å². The van der Waals surface area contributed by atoms with E-state index < -0.39 is 29.3 Å². The molecule has 1 amide bonds. The Morgan fingerprint density at radius 2 is 1.83 bits per heavy atom. The van der Waals surface area contributed by atoms with Crippen molar-refractivity contribution in [3.05, 3.63) is 88.2 Å². The summed E-state index contributed by atoms with van der Waals surface area (Å²) in [6.07, 6.45) is 0. The van der Waals surface area contributed by atoms with Crippen molar-refractivity contribution in [2.24, 2.45) is 0 Å². The highest BCUT2D eigenvalue weighted by Gasteiger charge is 2.49. The third-order valence-corrected chi connectivity index (χ3v) is 7.26. The molecule has 1 atom stereocenters. The number of aromatic nitrogens is 1. The van der Waals surface area contributed by atoms with Crippen LogP contribution in [0.5, 0.6) is 11.5 Å². The van der Waals surface area contributed by atoms with Crippen LogP contribution in [-0.2, 0) is 9.59 Å². The van der Waals surface area contributed by atoms with Gasteiger partial charge in [-0.1, -0.05) is 41.1 Å². The van der Waals surface area contributed by atoms with Crippen molar-refractivity contribution in [2.45, 2.75) is 6.04 Å². The van der Waals surface area contributed by atoms with Gasteiger partial charge in [-0.3, -0.25) is 14.5 Å². The molecule has 6 rings (SSSR count). The van der Waals surface area contributed by atoms with Crippen molar-refractivity contribution >= 4 is 55.7 Å². The van der Waals surface area contributed by atoms with Gasteiger partial charge in [0.05, 0.1) is 15.8 Å². The minimum atomic E-state index is -1.24. The first-order valence-corrected chi connectivity index (χ1v) is 12.1. The van der Waals surface area contributed by atoms with Crippen LogP contribution in [0.2, 0.25) is 5.02 Å². The van der Waals surface area contributed by atoms with Crippen molar-refractivity contribution in [1.29, 1.82) is 0 Å². The summed E-state index contributed by atoms with van der Waals surface area (Å²) in [6.45, 7) is 0.725. The first-order valence-electron chi connectivity index (χ1n) is 10.9. The predicted octanol–water partition coefficient (Wildman–Crippen LogP) is 5.49. The molecular formula is C26H16ClFN2O5S. The normalized spacial score (nSPS) is 18.7. The van der Waals surface area contributed by atoms with Crippen molar-refractivity contribution in [3.8, 4) is 11.5 Å². The summed E-state index contributed by atoms with van der Waals surface area (Å²) >= 11 is 7.24. The van der Waals surface area contributed by atoms with E-state index in [9.17, 15) is 14.7 Å². The SMILES string of the molecule is O=C1C(=O)N(c2nc3ccc(Cl)cc3s2)[C@@H](c2ccccc2F)C1=C(O)c1ccc2c(c1)OCCO2. The van der Waals surface area contributed by atoms with E-state index in [1.54, 1.807) is 36.4 Å². The van der Waals surface area contributed by atoms with Gasteiger partial charge in [0.15, 0.2) is 16.6 Å². The molecule has 0 spiro atoms. The highest BCUT2D eigenvalue weighted by atomic mass is 35.5. The number of fused-ring (bicyclic) bond motifs is 2. The second-order valence-electron chi connectivity index (χ2n) is 8.16. The Bertz CT molecular complexity index is 1600. The summed E-state index contributed by atoms with van der Waals surface area (Å²) in [5.41, 5.74) is 0.599. The van der Waals surface area contributed by atoms with Gasteiger partial charge in [0, 0.05) is 16.1 Å². The Labute approximate surface area is 213 Å². The molecule has 0 bridgehead atoms. The minimum absolute atomic E-state index is 0.0491. The average Bonchev–Trinajstić information content (AvgIpc) is 3.41. The van der Waals surface area contributed by atoms with Crippen LogP contribution in [0.15, 0.2) is 66.2 Å². The molecule has 1 fully saturated rings. The Hall–Kier alpha value is -3.95. The van der Waals surface area contributed by atoms with Crippen molar-refractivity contribution < 1.29 is 28.6 Å². The molecule has 1 aromatic heterocycles. The number of benzene rings is 3. The van der Waals surface area contributed by atoms with Crippen LogP contribution < -0.4 is 14.4 Å². The number of nitrogens with zero attached hydrogens (tertiary/aromatic N) is 2. The van der Waals surface area contributed by atoms with E-state index in [0.717, 1.165) is 16.2 Å².